The predicted molar refractivity (Wildman–Crippen MR) is 53.6 cm³/mol. The van der Waals surface area contributed by atoms with Crippen molar-refractivity contribution in [2.75, 3.05) is 6.61 Å². The van der Waals surface area contributed by atoms with Crippen LogP contribution in [-0.2, 0) is 12.8 Å². The summed E-state index contributed by atoms with van der Waals surface area (Å²) < 4.78 is 0. The average molecular weight is 174 g/mol. The first-order valence-electron chi connectivity index (χ1n) is 4.74. The summed E-state index contributed by atoms with van der Waals surface area (Å²) in [6.07, 6.45) is 6.23. The molecule has 1 N–H and O–H groups in total. The Morgan fingerprint density at radius 2 is 1.85 bits per heavy atom. The van der Waals surface area contributed by atoms with E-state index >= 15 is 0 Å². The van der Waals surface area contributed by atoms with Gasteiger partial charge in [-0.05, 0) is 29.9 Å². The Kier molecular flexibility index (Phi) is 2.46. The lowest BCUT2D eigenvalue weighted by atomic mass is 10.1. The van der Waals surface area contributed by atoms with E-state index in [1.54, 1.807) is 0 Å². The van der Waals surface area contributed by atoms with Crippen LogP contribution in [0.15, 0.2) is 36.4 Å². The summed E-state index contributed by atoms with van der Waals surface area (Å²) in [5, 5.41) is 8.66. The third kappa shape index (κ3) is 1.81. The van der Waals surface area contributed by atoms with Crippen LogP contribution >= 0.6 is 0 Å². The van der Waals surface area contributed by atoms with Gasteiger partial charge in [-0.25, -0.2) is 0 Å². The molecule has 0 spiro atoms. The summed E-state index contributed by atoms with van der Waals surface area (Å²) in [6, 6.07) is 8.58. The van der Waals surface area contributed by atoms with Crippen molar-refractivity contribution in [3.63, 3.8) is 0 Å². The minimum absolute atomic E-state index is 0.160. The molecule has 0 saturated heterocycles. The molecule has 1 aromatic carbocycles. The molecule has 0 heterocycles. The quantitative estimate of drug-likeness (QED) is 0.679. The van der Waals surface area contributed by atoms with E-state index in [0.29, 0.717) is 5.92 Å². The molecule has 1 aliphatic rings. The van der Waals surface area contributed by atoms with Crippen LogP contribution in [0.25, 0.3) is 0 Å². The number of benzene rings is 1. The Bertz CT molecular complexity index is 290. The van der Waals surface area contributed by atoms with E-state index < -0.39 is 0 Å². The predicted octanol–water partition coefficient (Wildman–Crippen LogP) is 1.95. The lowest BCUT2D eigenvalue weighted by molar-refractivity contribution is 0.341. The van der Waals surface area contributed by atoms with E-state index in [4.69, 9.17) is 5.11 Å². The third-order valence-electron chi connectivity index (χ3n) is 2.60. The highest BCUT2D eigenvalue weighted by atomic mass is 16.2. The maximum absolute atomic E-state index is 8.66. The number of aliphatic hydroxyl groups is 1. The van der Waals surface area contributed by atoms with Gasteiger partial charge in [0.15, 0.2) is 0 Å². The van der Waals surface area contributed by atoms with E-state index in [-0.39, 0.29) is 6.61 Å². The number of rotatable bonds is 2. The zero-order valence-electron chi connectivity index (χ0n) is 7.61. The van der Waals surface area contributed by atoms with Gasteiger partial charge in [-0.15, -0.1) is 0 Å². The zero-order chi connectivity index (χ0) is 9.10. The fraction of sp³-hybridized carbons (Fsp3) is 0.333. The molecule has 1 nitrogen and oxygen atoms in total. The van der Waals surface area contributed by atoms with E-state index in [2.05, 4.69) is 30.3 Å². The third-order valence-corrected chi connectivity index (χ3v) is 2.60. The lowest BCUT2D eigenvalue weighted by Crippen LogP contribution is -1.94. The molecule has 1 heteroatoms. The topological polar surface area (TPSA) is 20.2 Å². The van der Waals surface area contributed by atoms with Crippen LogP contribution in [0.3, 0.4) is 0 Å². The first kappa shape index (κ1) is 8.52. The zero-order valence-corrected chi connectivity index (χ0v) is 7.61. The molecule has 0 saturated carbocycles. The molecule has 0 unspecified atom stereocenters. The molecule has 13 heavy (non-hydrogen) atoms. The molecule has 0 amide bonds. The normalized spacial score (nSPS) is 16.7. The van der Waals surface area contributed by atoms with Gasteiger partial charge in [-0.2, -0.15) is 0 Å². The highest BCUT2D eigenvalue weighted by Gasteiger charge is 2.17. The highest BCUT2D eigenvalue weighted by Crippen LogP contribution is 2.26. The molecule has 0 bridgehead atoms. The molecule has 1 aliphatic carbocycles. The van der Waals surface area contributed by atoms with Crippen molar-refractivity contribution in [1.29, 1.82) is 0 Å². The van der Waals surface area contributed by atoms with Crippen LogP contribution < -0.4 is 0 Å². The van der Waals surface area contributed by atoms with Crippen LogP contribution in [0.2, 0.25) is 0 Å². The van der Waals surface area contributed by atoms with Crippen molar-refractivity contribution in [1.82, 2.24) is 0 Å². The number of fused-ring (bicyclic) bond motifs is 1. The van der Waals surface area contributed by atoms with Crippen molar-refractivity contribution < 1.29 is 5.11 Å². The van der Waals surface area contributed by atoms with Crippen molar-refractivity contribution in [3.8, 4) is 0 Å². The summed E-state index contributed by atoms with van der Waals surface area (Å²) in [5.74, 6) is 0.601. The molecule has 0 radical (unpaired) electrons. The minimum atomic E-state index is 0.160. The smallest absolute Gasteiger partial charge is 0.0612 e. The number of aliphatic hydroxyl groups excluding tert-OH is 1. The van der Waals surface area contributed by atoms with Gasteiger partial charge in [-0.1, -0.05) is 36.4 Å². The second kappa shape index (κ2) is 3.75. The van der Waals surface area contributed by atoms with Gasteiger partial charge < -0.3 is 5.11 Å². The molecular formula is C12H14O. The molecule has 0 atom stereocenters. The Hall–Kier alpha value is -1.08. The van der Waals surface area contributed by atoms with Gasteiger partial charge in [0.2, 0.25) is 0 Å². The first-order chi connectivity index (χ1) is 6.40. The van der Waals surface area contributed by atoms with Crippen LogP contribution in [-0.4, -0.2) is 11.7 Å². The molecule has 1 aromatic rings. The maximum atomic E-state index is 8.66. The molecule has 2 rings (SSSR count). The Labute approximate surface area is 78.7 Å². The Morgan fingerprint density at radius 1 is 1.23 bits per heavy atom. The SMILES string of the molecule is OC/C=C/C1Cc2ccccc2C1. The second-order valence-electron chi connectivity index (χ2n) is 3.55. The summed E-state index contributed by atoms with van der Waals surface area (Å²) in [6.45, 7) is 0.160. The van der Waals surface area contributed by atoms with E-state index in [9.17, 15) is 0 Å². The van der Waals surface area contributed by atoms with Crippen molar-refractivity contribution in [2.24, 2.45) is 5.92 Å². The lowest BCUT2D eigenvalue weighted by Gasteiger charge is -1.98. The second-order valence-corrected chi connectivity index (χ2v) is 3.55. The average Bonchev–Trinajstić information content (AvgIpc) is 2.57. The van der Waals surface area contributed by atoms with Crippen LogP contribution in [0.5, 0.6) is 0 Å². The molecule has 0 aromatic heterocycles. The van der Waals surface area contributed by atoms with Gasteiger partial charge >= 0.3 is 0 Å². The van der Waals surface area contributed by atoms with Crippen molar-refractivity contribution >= 4 is 0 Å². The molecular weight excluding hydrogens is 160 g/mol. The Morgan fingerprint density at radius 3 is 2.38 bits per heavy atom. The fourth-order valence-electron chi connectivity index (χ4n) is 1.98. The van der Waals surface area contributed by atoms with Crippen molar-refractivity contribution in [3.05, 3.63) is 47.5 Å². The highest BCUT2D eigenvalue weighted by molar-refractivity contribution is 5.33. The summed E-state index contributed by atoms with van der Waals surface area (Å²) in [4.78, 5) is 0. The Balaban J connectivity index is 2.09. The summed E-state index contributed by atoms with van der Waals surface area (Å²) in [7, 11) is 0. The minimum Gasteiger partial charge on any atom is -0.392 e. The largest absolute Gasteiger partial charge is 0.392 e. The van der Waals surface area contributed by atoms with Gasteiger partial charge in [-0.3, -0.25) is 0 Å². The standard InChI is InChI=1S/C12H14O/c13-7-3-4-10-8-11-5-1-2-6-12(11)9-10/h1-6,10,13H,7-9H2/b4-3+. The van der Waals surface area contributed by atoms with E-state index in [1.807, 2.05) is 6.08 Å². The number of hydrogen-bond donors (Lipinski definition) is 1. The van der Waals surface area contributed by atoms with Gasteiger partial charge in [0.25, 0.3) is 0 Å². The van der Waals surface area contributed by atoms with E-state index in [1.165, 1.54) is 11.1 Å². The monoisotopic (exact) mass is 174 g/mol. The number of allylic oxidation sites excluding steroid dienone is 1. The fourth-order valence-corrected chi connectivity index (χ4v) is 1.98. The van der Waals surface area contributed by atoms with Crippen molar-refractivity contribution in [2.45, 2.75) is 12.8 Å². The molecule has 68 valence electrons. The maximum Gasteiger partial charge on any atom is 0.0612 e. The first-order valence-corrected chi connectivity index (χ1v) is 4.74. The number of hydrogen-bond acceptors (Lipinski definition) is 1. The van der Waals surface area contributed by atoms with Crippen LogP contribution in [0, 0.1) is 5.92 Å². The van der Waals surface area contributed by atoms with Gasteiger partial charge in [0, 0.05) is 0 Å². The van der Waals surface area contributed by atoms with Crippen LogP contribution in [0.1, 0.15) is 11.1 Å². The molecule has 0 fully saturated rings. The summed E-state index contributed by atoms with van der Waals surface area (Å²) in [5.41, 5.74) is 2.94. The van der Waals surface area contributed by atoms with Gasteiger partial charge in [0.1, 0.15) is 0 Å². The molecule has 0 aliphatic heterocycles. The van der Waals surface area contributed by atoms with E-state index in [0.717, 1.165) is 12.8 Å². The summed E-state index contributed by atoms with van der Waals surface area (Å²) >= 11 is 0. The van der Waals surface area contributed by atoms with Crippen LogP contribution in [0.4, 0.5) is 0 Å². The van der Waals surface area contributed by atoms with Gasteiger partial charge in [0.05, 0.1) is 6.61 Å².